The topological polar surface area (TPSA) is 26.0 Å². The van der Waals surface area contributed by atoms with Gasteiger partial charge in [0.05, 0.1) is 0 Å². The number of aryl methyl sites for hydroxylation is 1. The highest BCUT2D eigenvalue weighted by Gasteiger charge is 2.05. The Morgan fingerprint density at radius 2 is 2.08 bits per heavy atom. The van der Waals surface area contributed by atoms with Gasteiger partial charge in [-0.05, 0) is 28.4 Å². The molecule has 0 N–H and O–H groups in total. The highest BCUT2D eigenvalue weighted by Crippen LogP contribution is 2.24. The summed E-state index contributed by atoms with van der Waals surface area (Å²) in [5.74, 6) is 0. The first-order chi connectivity index (χ1) is 6.27. The largest absolute Gasteiger partial charge is 0.349 e. The summed E-state index contributed by atoms with van der Waals surface area (Å²) in [6.07, 6.45) is 0. The summed E-state index contributed by atoms with van der Waals surface area (Å²) < 4.78 is 5.60. The van der Waals surface area contributed by atoms with E-state index in [4.69, 9.17) is 4.52 Å². The molecule has 1 aromatic carbocycles. The number of nitrogens with zero attached hydrogens (tertiary/aromatic N) is 1. The SMILES string of the molecule is Cc1ccccc1-c1cc(Br)on1. The third-order valence-electron chi connectivity index (χ3n) is 1.90. The third-order valence-corrected chi connectivity index (χ3v) is 2.28. The number of rotatable bonds is 1. The first kappa shape index (κ1) is 8.51. The minimum atomic E-state index is 0.658. The maximum absolute atomic E-state index is 4.94. The molecule has 0 aliphatic rings. The van der Waals surface area contributed by atoms with E-state index in [0.717, 1.165) is 11.3 Å². The van der Waals surface area contributed by atoms with Crippen molar-refractivity contribution in [1.82, 2.24) is 5.16 Å². The molecule has 3 heteroatoms. The van der Waals surface area contributed by atoms with Gasteiger partial charge in [-0.3, -0.25) is 0 Å². The van der Waals surface area contributed by atoms with Crippen molar-refractivity contribution >= 4 is 15.9 Å². The number of hydrogen-bond donors (Lipinski definition) is 0. The van der Waals surface area contributed by atoms with Crippen molar-refractivity contribution in [3.63, 3.8) is 0 Å². The van der Waals surface area contributed by atoms with Crippen LogP contribution in [-0.2, 0) is 0 Å². The number of halogens is 1. The quantitative estimate of drug-likeness (QED) is 0.760. The molecular weight excluding hydrogens is 230 g/mol. The Hall–Kier alpha value is -1.09. The van der Waals surface area contributed by atoms with Gasteiger partial charge in [-0.25, -0.2) is 0 Å². The standard InChI is InChI=1S/C10H8BrNO/c1-7-4-2-3-5-8(7)9-6-10(11)13-12-9/h2-6H,1H3. The molecule has 0 spiro atoms. The Balaban J connectivity index is 2.52. The molecule has 1 aromatic heterocycles. The number of benzene rings is 1. The van der Waals surface area contributed by atoms with Crippen LogP contribution in [0, 0.1) is 6.92 Å². The molecule has 0 saturated carbocycles. The predicted molar refractivity (Wildman–Crippen MR) is 54.4 cm³/mol. The number of aromatic nitrogens is 1. The van der Waals surface area contributed by atoms with Gasteiger partial charge < -0.3 is 4.52 Å². The molecule has 2 aromatic rings. The van der Waals surface area contributed by atoms with E-state index in [9.17, 15) is 0 Å². The Bertz CT molecular complexity index is 422. The second kappa shape index (κ2) is 3.34. The average Bonchev–Trinajstić information content (AvgIpc) is 2.53. The van der Waals surface area contributed by atoms with Crippen LogP contribution in [-0.4, -0.2) is 5.16 Å². The molecule has 0 fully saturated rings. The van der Waals surface area contributed by atoms with Crippen LogP contribution in [0.15, 0.2) is 39.5 Å². The predicted octanol–water partition coefficient (Wildman–Crippen LogP) is 3.41. The van der Waals surface area contributed by atoms with E-state index in [2.05, 4.69) is 34.1 Å². The van der Waals surface area contributed by atoms with Crippen LogP contribution in [0.4, 0.5) is 0 Å². The molecular formula is C10H8BrNO. The fourth-order valence-corrected chi connectivity index (χ4v) is 1.53. The van der Waals surface area contributed by atoms with Gasteiger partial charge in [0, 0.05) is 11.6 Å². The Labute approximate surface area is 84.7 Å². The van der Waals surface area contributed by atoms with Crippen LogP contribution in [0.25, 0.3) is 11.3 Å². The molecule has 0 atom stereocenters. The van der Waals surface area contributed by atoms with Gasteiger partial charge in [0.2, 0.25) is 4.67 Å². The first-order valence-electron chi connectivity index (χ1n) is 3.95. The van der Waals surface area contributed by atoms with Crippen molar-refractivity contribution in [2.45, 2.75) is 6.92 Å². The van der Waals surface area contributed by atoms with E-state index in [0.29, 0.717) is 4.67 Å². The summed E-state index contributed by atoms with van der Waals surface area (Å²) in [5, 5.41) is 3.92. The van der Waals surface area contributed by atoms with Gasteiger partial charge in [0.1, 0.15) is 5.69 Å². The molecule has 0 radical (unpaired) electrons. The second-order valence-electron chi connectivity index (χ2n) is 2.83. The molecule has 1 heterocycles. The number of hydrogen-bond acceptors (Lipinski definition) is 2. The summed E-state index contributed by atoms with van der Waals surface area (Å²) in [5.41, 5.74) is 3.17. The van der Waals surface area contributed by atoms with E-state index >= 15 is 0 Å². The van der Waals surface area contributed by atoms with Crippen LogP contribution < -0.4 is 0 Å². The lowest BCUT2D eigenvalue weighted by Gasteiger charge is -1.98. The highest BCUT2D eigenvalue weighted by molar-refractivity contribution is 9.10. The molecule has 0 saturated heterocycles. The van der Waals surface area contributed by atoms with E-state index in [1.54, 1.807) is 0 Å². The van der Waals surface area contributed by atoms with Gasteiger partial charge in [0.15, 0.2) is 0 Å². The van der Waals surface area contributed by atoms with E-state index in [1.807, 2.05) is 24.3 Å². The smallest absolute Gasteiger partial charge is 0.202 e. The van der Waals surface area contributed by atoms with Crippen molar-refractivity contribution in [2.75, 3.05) is 0 Å². The van der Waals surface area contributed by atoms with Crippen molar-refractivity contribution < 1.29 is 4.52 Å². The van der Waals surface area contributed by atoms with Crippen LogP contribution in [0.3, 0.4) is 0 Å². The maximum Gasteiger partial charge on any atom is 0.202 e. The van der Waals surface area contributed by atoms with Crippen LogP contribution in [0.2, 0.25) is 0 Å². The molecule has 0 unspecified atom stereocenters. The monoisotopic (exact) mass is 237 g/mol. The van der Waals surface area contributed by atoms with Gasteiger partial charge in [-0.15, -0.1) is 0 Å². The lowest BCUT2D eigenvalue weighted by Crippen LogP contribution is -1.80. The summed E-state index contributed by atoms with van der Waals surface area (Å²) in [6, 6.07) is 9.94. The Morgan fingerprint density at radius 3 is 2.69 bits per heavy atom. The van der Waals surface area contributed by atoms with Crippen molar-refractivity contribution in [3.05, 3.63) is 40.6 Å². The highest BCUT2D eigenvalue weighted by atomic mass is 79.9. The minimum Gasteiger partial charge on any atom is -0.349 e. The van der Waals surface area contributed by atoms with Crippen molar-refractivity contribution in [3.8, 4) is 11.3 Å². The van der Waals surface area contributed by atoms with Gasteiger partial charge in [-0.2, -0.15) is 0 Å². The van der Waals surface area contributed by atoms with E-state index in [-0.39, 0.29) is 0 Å². The zero-order valence-corrected chi connectivity index (χ0v) is 8.71. The minimum absolute atomic E-state index is 0.658. The van der Waals surface area contributed by atoms with Crippen LogP contribution in [0.5, 0.6) is 0 Å². The summed E-state index contributed by atoms with van der Waals surface area (Å²) in [4.78, 5) is 0. The van der Waals surface area contributed by atoms with Gasteiger partial charge in [0.25, 0.3) is 0 Å². The maximum atomic E-state index is 4.94. The molecule has 2 rings (SSSR count). The molecule has 0 amide bonds. The normalized spacial score (nSPS) is 10.3. The molecule has 66 valence electrons. The fraction of sp³-hybridized carbons (Fsp3) is 0.100. The molecule has 0 aliphatic heterocycles. The second-order valence-corrected chi connectivity index (χ2v) is 3.61. The van der Waals surface area contributed by atoms with Crippen molar-refractivity contribution in [2.24, 2.45) is 0 Å². The van der Waals surface area contributed by atoms with E-state index < -0.39 is 0 Å². The summed E-state index contributed by atoms with van der Waals surface area (Å²) in [6.45, 7) is 2.05. The molecule has 13 heavy (non-hydrogen) atoms. The third kappa shape index (κ3) is 1.65. The molecule has 0 bridgehead atoms. The average molecular weight is 238 g/mol. The lowest BCUT2D eigenvalue weighted by molar-refractivity contribution is 0.402. The summed E-state index contributed by atoms with van der Waals surface area (Å²) in [7, 11) is 0. The first-order valence-corrected chi connectivity index (χ1v) is 4.75. The molecule has 2 nitrogen and oxygen atoms in total. The zero-order valence-electron chi connectivity index (χ0n) is 7.12. The fourth-order valence-electron chi connectivity index (χ4n) is 1.24. The Kier molecular flexibility index (Phi) is 2.19. The molecule has 0 aliphatic carbocycles. The summed E-state index contributed by atoms with van der Waals surface area (Å²) >= 11 is 3.22. The van der Waals surface area contributed by atoms with Crippen molar-refractivity contribution in [1.29, 1.82) is 0 Å². The Morgan fingerprint density at radius 1 is 1.31 bits per heavy atom. The van der Waals surface area contributed by atoms with Crippen LogP contribution in [0.1, 0.15) is 5.56 Å². The van der Waals surface area contributed by atoms with E-state index in [1.165, 1.54) is 5.56 Å². The lowest BCUT2D eigenvalue weighted by atomic mass is 10.1. The van der Waals surface area contributed by atoms with Gasteiger partial charge in [-0.1, -0.05) is 29.4 Å². The zero-order chi connectivity index (χ0) is 9.26. The van der Waals surface area contributed by atoms with Crippen LogP contribution >= 0.6 is 15.9 Å². The van der Waals surface area contributed by atoms with Gasteiger partial charge >= 0.3 is 0 Å².